The minimum Gasteiger partial charge on any atom is -1.00 e. The fraction of sp³-hybridized carbons (Fsp3) is 0.556. The molecule has 0 amide bonds. The van der Waals surface area contributed by atoms with Gasteiger partial charge in [0.25, 0.3) is 0 Å². The van der Waals surface area contributed by atoms with Crippen LogP contribution in [0.2, 0.25) is 6.25 Å². The first-order chi connectivity index (χ1) is 8.99. The average molecular weight is 405 g/mol. The summed E-state index contributed by atoms with van der Waals surface area (Å²) in [6, 6.07) is 0. The molecule has 2 aliphatic rings. The topological polar surface area (TPSA) is 0 Å². The zero-order chi connectivity index (χ0) is 13.9. The second kappa shape index (κ2) is 8.90. The van der Waals surface area contributed by atoms with E-state index in [9.17, 15) is 0 Å². The number of allylic oxidation sites excluding steroid dienone is 8. The molecule has 0 saturated carbocycles. The van der Waals surface area contributed by atoms with Crippen LogP contribution < -0.4 is 24.8 Å². The van der Waals surface area contributed by atoms with Gasteiger partial charge in [-0.15, -0.1) is 0 Å². The Morgan fingerprint density at radius 2 is 1.19 bits per heavy atom. The van der Waals surface area contributed by atoms with Crippen molar-refractivity contribution in [3.05, 3.63) is 47.6 Å². The van der Waals surface area contributed by atoms with Crippen LogP contribution >= 0.6 is 0 Å². The fourth-order valence-corrected chi connectivity index (χ4v) is 8.09. The number of rotatable bonds is 6. The Hall–Kier alpha value is 0.423. The molecule has 0 nitrogen and oxygen atoms in total. The number of halogens is 2. The molecule has 0 aromatic rings. The summed E-state index contributed by atoms with van der Waals surface area (Å²) in [5.41, 5.74) is 3.13. The molecule has 0 aromatic heterocycles. The maximum Gasteiger partial charge on any atom is -1.00 e. The van der Waals surface area contributed by atoms with Crippen LogP contribution in [-0.4, -0.2) is 0 Å². The molecule has 2 atom stereocenters. The third-order valence-corrected chi connectivity index (χ3v) is 8.05. The molecule has 0 aliphatic heterocycles. The maximum absolute atomic E-state index is 2.56. The molecule has 0 heterocycles. The van der Waals surface area contributed by atoms with Gasteiger partial charge in [0.1, 0.15) is 0 Å². The van der Waals surface area contributed by atoms with Crippen molar-refractivity contribution < 1.29 is 48.0 Å². The van der Waals surface area contributed by atoms with Gasteiger partial charge in [0.2, 0.25) is 0 Å². The third-order valence-electron chi connectivity index (χ3n) is 3.87. The fourth-order valence-electron chi connectivity index (χ4n) is 3.15. The van der Waals surface area contributed by atoms with Crippen molar-refractivity contribution in [3.8, 4) is 0 Å². The van der Waals surface area contributed by atoms with Crippen LogP contribution in [0.15, 0.2) is 47.6 Å². The Balaban J connectivity index is 0.00000200. The molecular formula is C18H26Cl2Zr. The number of hydrogen-bond donors (Lipinski definition) is 0. The molecule has 0 radical (unpaired) electrons. The van der Waals surface area contributed by atoms with Gasteiger partial charge in [0.15, 0.2) is 0 Å². The van der Waals surface area contributed by atoms with Crippen molar-refractivity contribution in [3.63, 3.8) is 0 Å². The van der Waals surface area contributed by atoms with Crippen LogP contribution in [0.1, 0.15) is 53.4 Å². The van der Waals surface area contributed by atoms with Gasteiger partial charge in [0.05, 0.1) is 0 Å². The predicted molar refractivity (Wildman–Crippen MR) is 81.0 cm³/mol. The van der Waals surface area contributed by atoms with Gasteiger partial charge in [-0.1, -0.05) is 0 Å². The normalized spacial score (nSPS) is 29.3. The van der Waals surface area contributed by atoms with Crippen LogP contribution in [-0.2, 0) is 23.2 Å². The molecular weight excluding hydrogens is 378 g/mol. The molecule has 2 aliphatic carbocycles. The largest absolute Gasteiger partial charge is 1.00 e. The summed E-state index contributed by atoms with van der Waals surface area (Å²) in [5, 5.41) is 0. The Kier molecular flexibility index (Phi) is 9.08. The summed E-state index contributed by atoms with van der Waals surface area (Å²) in [7, 11) is 0. The average Bonchev–Trinajstić information content (AvgIpc) is 2.85. The molecule has 0 fully saturated rings. The molecule has 2 unspecified atom stereocenters. The first kappa shape index (κ1) is 21.4. The Bertz CT molecular complexity index is 420. The van der Waals surface area contributed by atoms with E-state index in [-0.39, 0.29) is 24.8 Å². The van der Waals surface area contributed by atoms with Gasteiger partial charge in [-0.25, -0.2) is 0 Å². The summed E-state index contributed by atoms with van der Waals surface area (Å²) in [5.74, 6) is 0. The van der Waals surface area contributed by atoms with Crippen LogP contribution in [0.4, 0.5) is 0 Å². The Morgan fingerprint density at radius 1 is 0.810 bits per heavy atom. The smallest absolute Gasteiger partial charge is 1.00 e. The molecule has 0 N–H and O–H groups in total. The first-order valence-electron chi connectivity index (χ1n) is 7.60. The monoisotopic (exact) mass is 402 g/mol. The van der Waals surface area contributed by atoms with Crippen LogP contribution in [0.25, 0.3) is 0 Å². The van der Waals surface area contributed by atoms with E-state index in [4.69, 9.17) is 0 Å². The summed E-state index contributed by atoms with van der Waals surface area (Å²) in [6.07, 6.45) is 19.9. The van der Waals surface area contributed by atoms with Crippen LogP contribution in [0.5, 0.6) is 0 Å². The molecule has 0 bridgehead atoms. The van der Waals surface area contributed by atoms with Crippen molar-refractivity contribution in [1.82, 2.24) is 0 Å². The van der Waals surface area contributed by atoms with Crippen molar-refractivity contribution in [2.24, 2.45) is 0 Å². The maximum atomic E-state index is 2.56. The predicted octanol–water partition coefficient (Wildman–Crippen LogP) is 0.0267. The van der Waals surface area contributed by atoms with E-state index in [1.54, 1.807) is 11.1 Å². The van der Waals surface area contributed by atoms with Gasteiger partial charge in [-0.3, -0.25) is 0 Å². The van der Waals surface area contributed by atoms with E-state index >= 15 is 0 Å². The Morgan fingerprint density at radius 3 is 1.52 bits per heavy atom. The summed E-state index contributed by atoms with van der Waals surface area (Å²) in [6.45, 7) is 9.43. The van der Waals surface area contributed by atoms with E-state index in [1.807, 2.05) is 0 Å². The van der Waals surface area contributed by atoms with Gasteiger partial charge >= 0.3 is 130 Å². The van der Waals surface area contributed by atoms with Crippen molar-refractivity contribution >= 4 is 0 Å². The Labute approximate surface area is 154 Å². The van der Waals surface area contributed by atoms with Gasteiger partial charge in [0, 0.05) is 0 Å². The zero-order valence-electron chi connectivity index (χ0n) is 13.5. The summed E-state index contributed by atoms with van der Waals surface area (Å²) < 4.78 is 0.816. The molecule has 116 valence electrons. The minimum atomic E-state index is -0.575. The van der Waals surface area contributed by atoms with Crippen molar-refractivity contribution in [2.75, 3.05) is 0 Å². The van der Waals surface area contributed by atoms with E-state index in [0.29, 0.717) is 6.25 Å². The summed E-state index contributed by atoms with van der Waals surface area (Å²) >= 11 is -0.575. The van der Waals surface area contributed by atoms with E-state index < -0.39 is 23.2 Å². The third kappa shape index (κ3) is 5.85. The zero-order valence-corrected chi connectivity index (χ0v) is 17.5. The van der Waals surface area contributed by atoms with Crippen LogP contribution in [0, 0.1) is 0 Å². The molecule has 21 heavy (non-hydrogen) atoms. The first-order valence-corrected chi connectivity index (χ1v) is 10.1. The standard InChI is InChI=1S/2C9H13.2ClH.Zr/c2*1-3-4-9-6-5-8(2)7-9;;;/h2*5-7H,3-4H2,1-2H3;2*1H;/q;;;;+2/p-2. The van der Waals surface area contributed by atoms with E-state index in [2.05, 4.69) is 64.2 Å². The second-order valence-electron chi connectivity index (χ2n) is 6.30. The molecule has 0 aromatic carbocycles. The van der Waals surface area contributed by atoms with Gasteiger partial charge in [-0.2, -0.15) is 0 Å². The van der Waals surface area contributed by atoms with Crippen molar-refractivity contribution in [2.45, 2.75) is 59.6 Å². The second-order valence-corrected chi connectivity index (χ2v) is 12.2. The summed E-state index contributed by atoms with van der Waals surface area (Å²) in [4.78, 5) is 0. The van der Waals surface area contributed by atoms with Gasteiger partial charge < -0.3 is 24.8 Å². The van der Waals surface area contributed by atoms with Gasteiger partial charge in [-0.05, 0) is 0 Å². The quantitative estimate of drug-likeness (QED) is 0.586. The SMILES string of the molecule is CCCC1=C[C](C)([Zr+2][C]2(C)C=CC(CCC)=C2)C=C1.[Cl-].[Cl-]. The molecule has 3 heteroatoms. The molecule has 2 rings (SSSR count). The van der Waals surface area contributed by atoms with E-state index in [1.165, 1.54) is 25.7 Å². The number of hydrogen-bond acceptors (Lipinski definition) is 0. The van der Waals surface area contributed by atoms with E-state index in [0.717, 1.165) is 0 Å². The molecule has 0 spiro atoms. The molecule has 0 saturated heterocycles. The van der Waals surface area contributed by atoms with Crippen molar-refractivity contribution in [1.29, 1.82) is 0 Å². The van der Waals surface area contributed by atoms with Crippen LogP contribution in [0.3, 0.4) is 0 Å². The minimum absolute atomic E-state index is 0.